The minimum absolute atomic E-state index is 0.240. The predicted molar refractivity (Wildman–Crippen MR) is 143 cm³/mol. The second-order valence-corrected chi connectivity index (χ2v) is 11.2. The summed E-state index contributed by atoms with van der Waals surface area (Å²) in [4.78, 5) is 11.4. The highest BCUT2D eigenvalue weighted by molar-refractivity contribution is 6.60. The zero-order valence-electron chi connectivity index (χ0n) is 21.1. The molecule has 0 heterocycles. The molecule has 0 amide bonds. The number of nitrogens with zero attached hydrogens (tertiary/aromatic N) is 3. The van der Waals surface area contributed by atoms with Crippen molar-refractivity contribution >= 4 is 21.2 Å². The van der Waals surface area contributed by atoms with Crippen LogP contribution in [0.25, 0.3) is 0 Å². The summed E-state index contributed by atoms with van der Waals surface area (Å²) in [5.74, 6) is 0.480. The quantitative estimate of drug-likeness (QED) is 0.193. The van der Waals surface area contributed by atoms with Crippen molar-refractivity contribution in [1.29, 1.82) is 0 Å². The molecule has 0 atom stereocenters. The van der Waals surface area contributed by atoms with Crippen molar-refractivity contribution in [1.82, 2.24) is 4.90 Å². The Morgan fingerprint density at radius 2 is 1.14 bits per heavy atom. The van der Waals surface area contributed by atoms with Gasteiger partial charge in [0.1, 0.15) is 11.5 Å². The Morgan fingerprint density at radius 3 is 1.57 bits per heavy atom. The van der Waals surface area contributed by atoms with Crippen LogP contribution in [0, 0.1) is 0 Å². The van der Waals surface area contributed by atoms with Crippen LogP contribution in [-0.4, -0.2) is 90.4 Å². The molecule has 0 fully saturated rings. The van der Waals surface area contributed by atoms with Gasteiger partial charge in [-0.1, -0.05) is 24.3 Å². The Morgan fingerprint density at radius 1 is 0.714 bits per heavy atom. The number of hydrogen-bond acceptors (Lipinski definition) is 8. The molecular formula is C26H39N3O5Si. The van der Waals surface area contributed by atoms with Crippen LogP contribution in [0.3, 0.4) is 0 Å². The molecule has 2 N–H and O–H groups in total. The van der Waals surface area contributed by atoms with Gasteiger partial charge >= 0.3 is 8.80 Å². The molecule has 0 radical (unpaired) electrons. The van der Waals surface area contributed by atoms with Gasteiger partial charge in [-0.05, 0) is 63.2 Å². The van der Waals surface area contributed by atoms with Crippen LogP contribution in [0.1, 0.15) is 30.4 Å². The van der Waals surface area contributed by atoms with Crippen molar-refractivity contribution in [2.45, 2.75) is 25.3 Å². The van der Waals surface area contributed by atoms with Crippen LogP contribution in [0.2, 0.25) is 6.04 Å². The maximum absolute atomic E-state index is 9.86. The molecule has 0 spiro atoms. The first-order valence-corrected chi connectivity index (χ1v) is 13.9. The van der Waals surface area contributed by atoms with E-state index >= 15 is 0 Å². The van der Waals surface area contributed by atoms with E-state index in [1.54, 1.807) is 58.0 Å². The van der Waals surface area contributed by atoms with Crippen LogP contribution in [0.15, 0.2) is 58.5 Å². The van der Waals surface area contributed by atoms with Crippen LogP contribution in [0.5, 0.6) is 11.5 Å². The van der Waals surface area contributed by atoms with E-state index in [2.05, 4.69) is 14.9 Å². The molecule has 192 valence electrons. The third-order valence-electron chi connectivity index (χ3n) is 5.75. The second-order valence-electron chi connectivity index (χ2n) is 8.14. The fraction of sp³-hybridized carbons (Fsp3) is 0.462. The normalized spacial score (nSPS) is 12.3. The molecule has 0 aliphatic rings. The lowest BCUT2D eigenvalue weighted by molar-refractivity contribution is 0.121. The summed E-state index contributed by atoms with van der Waals surface area (Å²) in [6.45, 7) is 4.08. The summed E-state index contributed by atoms with van der Waals surface area (Å²) < 4.78 is 16.6. The standard InChI is InChI=1S/C26H39N3O5Si/c1-32-35(33-2,34-3)20-10-19-29(17-8-15-27-21-23-11-4-6-13-25(23)30)18-9-16-28-22-24-12-5-7-14-26(24)31/h4-7,11-14,21-22,30-31H,8-10,15-20H2,1-3H3. The molecule has 2 aromatic carbocycles. The van der Waals surface area contributed by atoms with Gasteiger partial charge in [0.2, 0.25) is 0 Å². The maximum Gasteiger partial charge on any atom is 0.500 e. The van der Waals surface area contributed by atoms with E-state index in [-0.39, 0.29) is 11.5 Å². The zero-order chi connectivity index (χ0) is 25.4. The van der Waals surface area contributed by atoms with Gasteiger partial charge < -0.3 is 28.4 Å². The lowest BCUT2D eigenvalue weighted by Gasteiger charge is -2.26. The Bertz CT molecular complexity index is 852. The third-order valence-corrected chi connectivity index (χ3v) is 8.58. The van der Waals surface area contributed by atoms with Gasteiger partial charge in [-0.2, -0.15) is 0 Å². The number of phenols is 2. The second kappa shape index (κ2) is 16.2. The summed E-state index contributed by atoms with van der Waals surface area (Å²) in [6, 6.07) is 15.1. The molecule has 8 nitrogen and oxygen atoms in total. The van der Waals surface area contributed by atoms with Gasteiger partial charge in [0.05, 0.1) is 0 Å². The van der Waals surface area contributed by atoms with E-state index in [0.29, 0.717) is 13.1 Å². The van der Waals surface area contributed by atoms with E-state index in [1.807, 2.05) is 24.3 Å². The van der Waals surface area contributed by atoms with Crippen molar-refractivity contribution in [2.75, 3.05) is 54.1 Å². The minimum Gasteiger partial charge on any atom is -0.507 e. The average molecular weight is 502 g/mol. The molecule has 2 rings (SSSR count). The number of aliphatic imine (C=N–C) groups is 2. The highest BCUT2D eigenvalue weighted by Gasteiger charge is 2.36. The van der Waals surface area contributed by atoms with Gasteiger partial charge in [-0.3, -0.25) is 9.98 Å². The molecular weight excluding hydrogens is 462 g/mol. The highest BCUT2D eigenvalue weighted by Crippen LogP contribution is 2.16. The number of phenolic OH excluding ortho intramolecular Hbond substituents is 2. The predicted octanol–water partition coefficient (Wildman–Crippen LogP) is 3.99. The Kier molecular flexibility index (Phi) is 13.2. The van der Waals surface area contributed by atoms with Crippen molar-refractivity contribution in [3.05, 3.63) is 59.7 Å². The SMILES string of the molecule is CO[Si](CCCN(CCCN=Cc1ccccc1O)CCCN=Cc1ccccc1O)(OC)OC. The minimum atomic E-state index is -2.58. The van der Waals surface area contributed by atoms with Gasteiger partial charge in [-0.25, -0.2) is 0 Å². The summed E-state index contributed by atoms with van der Waals surface area (Å²) >= 11 is 0. The fourth-order valence-electron chi connectivity index (χ4n) is 3.70. The van der Waals surface area contributed by atoms with Gasteiger partial charge in [0.25, 0.3) is 0 Å². The van der Waals surface area contributed by atoms with Crippen molar-refractivity contribution < 1.29 is 23.5 Å². The van der Waals surface area contributed by atoms with Crippen molar-refractivity contribution in [3.8, 4) is 11.5 Å². The van der Waals surface area contributed by atoms with E-state index in [0.717, 1.165) is 56.1 Å². The molecule has 0 aromatic heterocycles. The zero-order valence-corrected chi connectivity index (χ0v) is 22.1. The topological polar surface area (TPSA) is 96.1 Å². The van der Waals surface area contributed by atoms with Gasteiger partial charge in [0, 0.05) is 64.0 Å². The number of rotatable bonds is 17. The first-order chi connectivity index (χ1) is 17.0. The number of hydrogen-bond donors (Lipinski definition) is 2. The van der Waals surface area contributed by atoms with Crippen LogP contribution < -0.4 is 0 Å². The first-order valence-electron chi connectivity index (χ1n) is 12.0. The highest BCUT2D eigenvalue weighted by atomic mass is 28.4. The molecule has 0 unspecified atom stereocenters. The molecule has 0 saturated carbocycles. The number of benzene rings is 2. The molecule has 9 heteroatoms. The van der Waals surface area contributed by atoms with Crippen LogP contribution in [0.4, 0.5) is 0 Å². The summed E-state index contributed by atoms with van der Waals surface area (Å²) in [5.41, 5.74) is 1.46. The average Bonchev–Trinajstić information content (AvgIpc) is 2.88. The fourth-order valence-corrected chi connectivity index (χ4v) is 5.40. The molecule has 0 aliphatic carbocycles. The lowest BCUT2D eigenvalue weighted by Crippen LogP contribution is -2.43. The van der Waals surface area contributed by atoms with Gasteiger partial charge in [-0.15, -0.1) is 0 Å². The molecule has 0 bridgehead atoms. The van der Waals surface area contributed by atoms with Crippen molar-refractivity contribution in [3.63, 3.8) is 0 Å². The van der Waals surface area contributed by atoms with E-state index in [9.17, 15) is 10.2 Å². The van der Waals surface area contributed by atoms with Crippen LogP contribution in [-0.2, 0) is 13.3 Å². The molecule has 35 heavy (non-hydrogen) atoms. The van der Waals surface area contributed by atoms with E-state index in [1.165, 1.54) is 0 Å². The Hall–Kier alpha value is -2.56. The lowest BCUT2D eigenvalue weighted by atomic mass is 10.2. The first kappa shape index (κ1) is 28.7. The summed E-state index contributed by atoms with van der Waals surface area (Å²) in [5, 5.41) is 19.7. The monoisotopic (exact) mass is 501 g/mol. The number of para-hydroxylation sites is 2. The Balaban J connectivity index is 1.83. The van der Waals surface area contributed by atoms with Crippen LogP contribution >= 0.6 is 0 Å². The van der Waals surface area contributed by atoms with E-state index in [4.69, 9.17) is 13.3 Å². The van der Waals surface area contributed by atoms with E-state index < -0.39 is 8.80 Å². The third kappa shape index (κ3) is 10.3. The summed E-state index contributed by atoms with van der Waals surface area (Å²) in [7, 11) is 2.34. The number of aromatic hydroxyl groups is 2. The van der Waals surface area contributed by atoms with Gasteiger partial charge in [0.15, 0.2) is 0 Å². The largest absolute Gasteiger partial charge is 0.507 e. The summed E-state index contributed by atoms with van der Waals surface area (Å²) in [6.07, 6.45) is 6.18. The Labute approximate surface area is 210 Å². The molecule has 0 aliphatic heterocycles. The smallest absolute Gasteiger partial charge is 0.500 e. The van der Waals surface area contributed by atoms with Crippen molar-refractivity contribution in [2.24, 2.45) is 9.98 Å². The molecule has 2 aromatic rings. The maximum atomic E-state index is 9.86. The molecule has 0 saturated heterocycles.